The van der Waals surface area contributed by atoms with Crippen molar-refractivity contribution in [3.05, 3.63) is 73.8 Å². The maximum absolute atomic E-state index is 12.7. The smallest absolute Gasteiger partial charge is 0.229 e. The van der Waals surface area contributed by atoms with Crippen molar-refractivity contribution in [2.24, 2.45) is 11.8 Å². The minimum absolute atomic E-state index is 0.0709. The number of hydrogen-bond donors (Lipinski definition) is 2. The summed E-state index contributed by atoms with van der Waals surface area (Å²) < 4.78 is 0. The molecule has 2 fully saturated rings. The lowest BCUT2D eigenvalue weighted by Gasteiger charge is -2.16. The number of hydrogen-bond acceptors (Lipinski definition) is 4. The van der Waals surface area contributed by atoms with Gasteiger partial charge in [-0.25, -0.2) is 0 Å². The Balaban J connectivity index is 1.25. The van der Waals surface area contributed by atoms with Crippen LogP contribution in [0.2, 0.25) is 0 Å². The number of amides is 4. The van der Waals surface area contributed by atoms with Crippen LogP contribution in [0.3, 0.4) is 0 Å². The Bertz CT molecular complexity index is 1140. The molecule has 0 aliphatic carbocycles. The molecule has 0 saturated carbocycles. The van der Waals surface area contributed by atoms with Gasteiger partial charge in [-0.05, 0) is 61.1 Å². The number of carbonyl (C=O) groups excluding carboxylic acids is 4. The molecule has 2 aliphatic rings. The molecule has 2 N–H and O–H groups in total. The van der Waals surface area contributed by atoms with Crippen LogP contribution in [0.5, 0.6) is 0 Å². The summed E-state index contributed by atoms with van der Waals surface area (Å²) in [5.41, 5.74) is 3.39. The van der Waals surface area contributed by atoms with E-state index in [0.29, 0.717) is 76.1 Å². The van der Waals surface area contributed by atoms with Crippen LogP contribution in [-0.2, 0) is 19.2 Å². The van der Waals surface area contributed by atoms with E-state index in [2.05, 4.69) is 23.8 Å². The van der Waals surface area contributed by atoms with Crippen LogP contribution < -0.4 is 10.6 Å². The second kappa shape index (κ2) is 13.7. The Labute approximate surface area is 236 Å². The minimum atomic E-state index is -0.208. The van der Waals surface area contributed by atoms with Gasteiger partial charge in [-0.1, -0.05) is 36.4 Å². The molecule has 2 aliphatic heterocycles. The van der Waals surface area contributed by atoms with E-state index in [4.69, 9.17) is 0 Å². The minimum Gasteiger partial charge on any atom is -0.342 e. The summed E-state index contributed by atoms with van der Waals surface area (Å²) in [6.45, 7) is 9.43. The number of nitrogens with one attached hydrogen (secondary N) is 2. The van der Waals surface area contributed by atoms with Crippen LogP contribution in [-0.4, -0.2) is 59.6 Å². The van der Waals surface area contributed by atoms with Crippen molar-refractivity contribution < 1.29 is 19.2 Å². The van der Waals surface area contributed by atoms with Gasteiger partial charge in [-0.15, -0.1) is 13.2 Å². The van der Waals surface area contributed by atoms with E-state index in [1.807, 2.05) is 48.5 Å². The van der Waals surface area contributed by atoms with Crippen LogP contribution >= 0.6 is 0 Å². The molecule has 0 radical (unpaired) electrons. The van der Waals surface area contributed by atoms with Crippen LogP contribution in [0.15, 0.2) is 73.8 Å². The molecule has 8 heteroatoms. The number of anilines is 2. The van der Waals surface area contributed by atoms with Gasteiger partial charge in [0, 0.05) is 50.4 Å². The third-order valence-electron chi connectivity index (χ3n) is 7.59. The molecule has 4 rings (SSSR count). The zero-order valence-corrected chi connectivity index (χ0v) is 22.9. The molecule has 2 heterocycles. The Morgan fingerprint density at radius 3 is 1.40 bits per heavy atom. The van der Waals surface area contributed by atoms with E-state index in [0.717, 1.165) is 11.1 Å². The van der Waals surface area contributed by atoms with E-state index < -0.39 is 0 Å². The summed E-state index contributed by atoms with van der Waals surface area (Å²) in [6, 6.07) is 15.2. The largest absolute Gasteiger partial charge is 0.342 e. The first-order valence-corrected chi connectivity index (χ1v) is 14.0. The molecule has 2 aromatic carbocycles. The van der Waals surface area contributed by atoms with Crippen molar-refractivity contribution >= 4 is 35.0 Å². The fourth-order valence-corrected chi connectivity index (χ4v) is 5.15. The van der Waals surface area contributed by atoms with E-state index >= 15 is 0 Å². The van der Waals surface area contributed by atoms with Crippen LogP contribution in [0.1, 0.15) is 38.5 Å². The average molecular weight is 543 g/mol. The molecule has 2 aromatic rings. The van der Waals surface area contributed by atoms with E-state index in [1.54, 1.807) is 22.0 Å². The maximum Gasteiger partial charge on any atom is 0.229 e. The zero-order valence-electron chi connectivity index (χ0n) is 22.9. The van der Waals surface area contributed by atoms with Crippen molar-refractivity contribution in [2.45, 2.75) is 38.5 Å². The predicted molar refractivity (Wildman–Crippen MR) is 157 cm³/mol. The quantitative estimate of drug-likeness (QED) is 0.396. The van der Waals surface area contributed by atoms with Gasteiger partial charge in [0.1, 0.15) is 0 Å². The highest BCUT2D eigenvalue weighted by molar-refractivity contribution is 5.94. The fraction of sp³-hybridized carbons (Fsp3) is 0.375. The molecule has 0 spiro atoms. The lowest BCUT2D eigenvalue weighted by molar-refractivity contribution is -0.131. The zero-order chi connectivity index (χ0) is 28.5. The number of benzene rings is 2. The van der Waals surface area contributed by atoms with Crippen molar-refractivity contribution in [3.8, 4) is 11.1 Å². The van der Waals surface area contributed by atoms with Crippen molar-refractivity contribution in [1.82, 2.24) is 9.80 Å². The van der Waals surface area contributed by atoms with Gasteiger partial charge in [-0.3, -0.25) is 19.2 Å². The first kappa shape index (κ1) is 28.8. The summed E-state index contributed by atoms with van der Waals surface area (Å²) in [5, 5.41) is 5.95. The second-order valence-corrected chi connectivity index (χ2v) is 10.4. The maximum atomic E-state index is 12.7. The predicted octanol–water partition coefficient (Wildman–Crippen LogP) is 4.86. The number of likely N-dealkylation sites (tertiary alicyclic amines) is 2. The third-order valence-corrected chi connectivity index (χ3v) is 7.59. The monoisotopic (exact) mass is 542 g/mol. The first-order valence-electron chi connectivity index (χ1n) is 14.0. The van der Waals surface area contributed by atoms with Gasteiger partial charge in [0.2, 0.25) is 23.6 Å². The normalized spacial score (nSPS) is 18.3. The molecule has 4 amide bonds. The van der Waals surface area contributed by atoms with Gasteiger partial charge < -0.3 is 20.4 Å². The summed E-state index contributed by atoms with van der Waals surface area (Å²) in [4.78, 5) is 53.4. The Morgan fingerprint density at radius 1 is 0.675 bits per heavy atom. The SMILES string of the molecule is C=CCCC(=O)N1CC[C@@H](C(=O)Nc2ccc(-c3ccc(NC(=O)[C@H]4CCN(C(=O)CCC=C)C4)cc3)cc2)C1. The van der Waals surface area contributed by atoms with E-state index in [-0.39, 0.29) is 35.5 Å². The van der Waals surface area contributed by atoms with Crippen molar-refractivity contribution in [2.75, 3.05) is 36.8 Å². The van der Waals surface area contributed by atoms with Crippen LogP contribution in [0.25, 0.3) is 11.1 Å². The number of rotatable bonds is 11. The highest BCUT2D eigenvalue weighted by Gasteiger charge is 2.31. The topological polar surface area (TPSA) is 98.8 Å². The molecule has 0 bridgehead atoms. The summed E-state index contributed by atoms with van der Waals surface area (Å²) in [7, 11) is 0. The Hall–Kier alpha value is -4.20. The van der Waals surface area contributed by atoms with Crippen molar-refractivity contribution in [1.29, 1.82) is 0 Å². The number of allylic oxidation sites excluding steroid dienone is 2. The molecule has 0 unspecified atom stereocenters. The lowest BCUT2D eigenvalue weighted by atomic mass is 10.0. The molecular weight excluding hydrogens is 504 g/mol. The fourth-order valence-electron chi connectivity index (χ4n) is 5.15. The highest BCUT2D eigenvalue weighted by Crippen LogP contribution is 2.26. The molecule has 2 saturated heterocycles. The third kappa shape index (κ3) is 7.46. The molecule has 210 valence electrons. The van der Waals surface area contributed by atoms with Gasteiger partial charge in [0.25, 0.3) is 0 Å². The Morgan fingerprint density at radius 2 is 1.05 bits per heavy atom. The standard InChI is InChI=1S/C32H38N4O4/c1-3-5-7-29(37)35-19-17-25(21-35)31(39)33-27-13-9-23(10-14-27)24-11-15-28(16-12-24)34-32(40)26-18-20-36(22-26)30(38)8-6-4-2/h3-4,9-16,25-26H,1-2,5-8,17-22H2,(H,33,39)(H,34,40)/t25-,26+. The lowest BCUT2D eigenvalue weighted by Crippen LogP contribution is -2.31. The molecular formula is C32H38N4O4. The first-order chi connectivity index (χ1) is 19.4. The van der Waals surface area contributed by atoms with Crippen LogP contribution in [0, 0.1) is 11.8 Å². The molecule has 8 nitrogen and oxygen atoms in total. The van der Waals surface area contributed by atoms with Gasteiger partial charge in [0.05, 0.1) is 11.8 Å². The van der Waals surface area contributed by atoms with Crippen LogP contribution in [0.4, 0.5) is 11.4 Å². The van der Waals surface area contributed by atoms with E-state index in [1.165, 1.54) is 0 Å². The van der Waals surface area contributed by atoms with Gasteiger partial charge >= 0.3 is 0 Å². The molecule has 2 atom stereocenters. The van der Waals surface area contributed by atoms with Gasteiger partial charge in [-0.2, -0.15) is 0 Å². The molecule has 0 aromatic heterocycles. The summed E-state index contributed by atoms with van der Waals surface area (Å²) >= 11 is 0. The second-order valence-electron chi connectivity index (χ2n) is 10.4. The van der Waals surface area contributed by atoms with Gasteiger partial charge in [0.15, 0.2) is 0 Å². The summed E-state index contributed by atoms with van der Waals surface area (Å²) in [5.74, 6) is -0.416. The number of nitrogens with zero attached hydrogens (tertiary/aromatic N) is 2. The van der Waals surface area contributed by atoms with Crippen molar-refractivity contribution in [3.63, 3.8) is 0 Å². The average Bonchev–Trinajstić information content (AvgIpc) is 3.67. The molecule has 40 heavy (non-hydrogen) atoms. The van der Waals surface area contributed by atoms with E-state index in [9.17, 15) is 19.2 Å². The highest BCUT2D eigenvalue weighted by atomic mass is 16.2. The Kier molecular flexibility index (Phi) is 9.89. The summed E-state index contributed by atoms with van der Waals surface area (Å²) in [6.07, 6.45) is 6.96. The number of carbonyl (C=O) groups is 4.